The molecule has 0 unspecified atom stereocenters. The highest BCUT2D eigenvalue weighted by atomic mass is 16.5. The fraction of sp³-hybridized carbons (Fsp3) is 0.222. The Morgan fingerprint density at radius 2 is 2.40 bits per heavy atom. The molecule has 2 rings (SSSR count). The Hall–Kier alpha value is -2.11. The molecule has 6 heteroatoms. The van der Waals surface area contributed by atoms with Crippen LogP contribution in [-0.2, 0) is 11.2 Å². The smallest absolute Gasteiger partial charge is 0.303 e. The second kappa shape index (κ2) is 3.95. The fourth-order valence-electron chi connectivity index (χ4n) is 1.07. The van der Waals surface area contributed by atoms with Gasteiger partial charge in [-0.25, -0.2) is 0 Å². The number of aromatic nitrogens is 2. The number of furan rings is 1. The Balaban J connectivity index is 2.08. The molecule has 0 aromatic carbocycles. The zero-order chi connectivity index (χ0) is 10.7. The topological polar surface area (TPSA) is 89.4 Å². The summed E-state index contributed by atoms with van der Waals surface area (Å²) in [4.78, 5) is 14.3. The lowest BCUT2D eigenvalue weighted by atomic mass is 10.3. The molecular weight excluding hydrogens is 200 g/mol. The molecule has 2 aromatic heterocycles. The number of hydrogen-bond acceptors (Lipinski definition) is 5. The third-order valence-corrected chi connectivity index (χ3v) is 1.76. The van der Waals surface area contributed by atoms with Gasteiger partial charge < -0.3 is 14.0 Å². The fourth-order valence-corrected chi connectivity index (χ4v) is 1.07. The van der Waals surface area contributed by atoms with Gasteiger partial charge in [0.2, 0.25) is 0 Å². The van der Waals surface area contributed by atoms with Crippen molar-refractivity contribution in [3.8, 4) is 11.7 Å². The monoisotopic (exact) mass is 208 g/mol. The van der Waals surface area contributed by atoms with Gasteiger partial charge in [-0.1, -0.05) is 5.16 Å². The highest BCUT2D eigenvalue weighted by Gasteiger charge is 2.11. The molecule has 0 saturated heterocycles. The molecule has 0 saturated carbocycles. The maximum atomic E-state index is 10.3. The number of aryl methyl sites for hydroxylation is 1. The predicted molar refractivity (Wildman–Crippen MR) is 48.0 cm³/mol. The maximum Gasteiger partial charge on any atom is 0.303 e. The molecule has 0 aliphatic rings. The van der Waals surface area contributed by atoms with Crippen LogP contribution >= 0.6 is 0 Å². The molecule has 0 fully saturated rings. The zero-order valence-electron chi connectivity index (χ0n) is 7.71. The Morgan fingerprint density at radius 3 is 3.07 bits per heavy atom. The summed E-state index contributed by atoms with van der Waals surface area (Å²) >= 11 is 0. The molecule has 2 aromatic rings. The normalized spacial score (nSPS) is 10.4. The maximum absolute atomic E-state index is 10.3. The molecule has 0 atom stereocenters. The minimum absolute atomic E-state index is 0.0167. The standard InChI is InChI=1S/C9H8N2O4/c12-8(13)4-3-7-10-9(15-11-7)6-2-1-5-14-6/h1-2,5H,3-4H2,(H,12,13). The van der Waals surface area contributed by atoms with Crippen LogP contribution in [0, 0.1) is 0 Å². The molecule has 6 nitrogen and oxygen atoms in total. The molecular formula is C9H8N2O4. The number of carboxylic acid groups (broad SMARTS) is 1. The van der Waals surface area contributed by atoms with Gasteiger partial charge in [-0.05, 0) is 12.1 Å². The van der Waals surface area contributed by atoms with Gasteiger partial charge in [-0.2, -0.15) is 4.98 Å². The summed E-state index contributed by atoms with van der Waals surface area (Å²) in [7, 11) is 0. The van der Waals surface area contributed by atoms with Crippen LogP contribution in [0.25, 0.3) is 11.7 Å². The van der Waals surface area contributed by atoms with Gasteiger partial charge >= 0.3 is 5.97 Å². The molecule has 1 N–H and O–H groups in total. The van der Waals surface area contributed by atoms with Crippen molar-refractivity contribution in [1.29, 1.82) is 0 Å². The molecule has 0 radical (unpaired) electrons. The van der Waals surface area contributed by atoms with Gasteiger partial charge in [0, 0.05) is 6.42 Å². The van der Waals surface area contributed by atoms with Crippen molar-refractivity contribution in [3.63, 3.8) is 0 Å². The predicted octanol–water partition coefficient (Wildman–Crippen LogP) is 1.35. The van der Waals surface area contributed by atoms with Crippen molar-refractivity contribution in [3.05, 3.63) is 24.2 Å². The van der Waals surface area contributed by atoms with E-state index in [4.69, 9.17) is 14.0 Å². The molecule has 0 amide bonds. The number of aliphatic carboxylic acids is 1. The molecule has 0 aliphatic carbocycles. The van der Waals surface area contributed by atoms with Gasteiger partial charge in [0.15, 0.2) is 11.6 Å². The van der Waals surface area contributed by atoms with Crippen molar-refractivity contribution in [1.82, 2.24) is 10.1 Å². The summed E-state index contributed by atoms with van der Waals surface area (Å²) < 4.78 is 9.94. The average molecular weight is 208 g/mol. The Bertz CT molecular complexity index is 446. The minimum atomic E-state index is -0.889. The lowest BCUT2D eigenvalue weighted by molar-refractivity contribution is -0.137. The van der Waals surface area contributed by atoms with Gasteiger partial charge in [0.05, 0.1) is 12.7 Å². The first-order chi connectivity index (χ1) is 7.25. The lowest BCUT2D eigenvalue weighted by Gasteiger charge is -1.87. The highest BCUT2D eigenvalue weighted by molar-refractivity contribution is 5.66. The van der Waals surface area contributed by atoms with Crippen molar-refractivity contribution in [2.75, 3.05) is 0 Å². The lowest BCUT2D eigenvalue weighted by Crippen LogP contribution is -1.98. The van der Waals surface area contributed by atoms with E-state index in [1.54, 1.807) is 12.1 Å². The van der Waals surface area contributed by atoms with Crippen LogP contribution in [0.3, 0.4) is 0 Å². The van der Waals surface area contributed by atoms with E-state index in [9.17, 15) is 4.79 Å². The van der Waals surface area contributed by atoms with Gasteiger partial charge in [-0.3, -0.25) is 4.79 Å². The summed E-state index contributed by atoms with van der Waals surface area (Å²) in [5.41, 5.74) is 0. The summed E-state index contributed by atoms with van der Waals surface area (Å²) in [5, 5.41) is 12.1. The van der Waals surface area contributed by atoms with E-state index in [0.717, 1.165) is 0 Å². The minimum Gasteiger partial charge on any atom is -0.481 e. The molecule has 0 spiro atoms. The Morgan fingerprint density at radius 1 is 1.53 bits per heavy atom. The molecule has 2 heterocycles. The second-order valence-electron chi connectivity index (χ2n) is 2.89. The number of carboxylic acids is 1. The summed E-state index contributed by atoms with van der Waals surface area (Å²) in [6, 6.07) is 3.39. The molecule has 0 aliphatic heterocycles. The van der Waals surface area contributed by atoms with Crippen LogP contribution in [0.1, 0.15) is 12.2 Å². The Kier molecular flexibility index (Phi) is 2.49. The van der Waals surface area contributed by atoms with E-state index < -0.39 is 5.97 Å². The largest absolute Gasteiger partial charge is 0.481 e. The van der Waals surface area contributed by atoms with Gasteiger partial charge in [0.1, 0.15) is 0 Å². The van der Waals surface area contributed by atoms with E-state index in [2.05, 4.69) is 10.1 Å². The first-order valence-electron chi connectivity index (χ1n) is 4.34. The first-order valence-corrected chi connectivity index (χ1v) is 4.34. The summed E-state index contributed by atoms with van der Waals surface area (Å²) in [6.45, 7) is 0. The number of rotatable bonds is 4. The van der Waals surface area contributed by atoms with E-state index >= 15 is 0 Å². The van der Waals surface area contributed by atoms with Crippen molar-refractivity contribution in [2.45, 2.75) is 12.8 Å². The zero-order valence-corrected chi connectivity index (χ0v) is 7.71. The van der Waals surface area contributed by atoms with E-state index in [0.29, 0.717) is 11.6 Å². The molecule has 0 bridgehead atoms. The van der Waals surface area contributed by atoms with Crippen LogP contribution in [0.2, 0.25) is 0 Å². The SMILES string of the molecule is O=C(O)CCc1noc(-c2ccco2)n1. The van der Waals surface area contributed by atoms with Crippen LogP contribution in [-0.4, -0.2) is 21.2 Å². The van der Waals surface area contributed by atoms with E-state index in [1.165, 1.54) is 6.26 Å². The van der Waals surface area contributed by atoms with Crippen molar-refractivity contribution >= 4 is 5.97 Å². The van der Waals surface area contributed by atoms with Crippen molar-refractivity contribution in [2.24, 2.45) is 0 Å². The Labute approximate surface area is 84.5 Å². The van der Waals surface area contributed by atoms with Crippen LogP contribution in [0.15, 0.2) is 27.3 Å². The van der Waals surface area contributed by atoms with E-state index in [1.807, 2.05) is 0 Å². The summed E-state index contributed by atoms with van der Waals surface area (Å²) in [6.07, 6.45) is 1.73. The number of nitrogens with zero attached hydrogens (tertiary/aromatic N) is 2. The third-order valence-electron chi connectivity index (χ3n) is 1.76. The van der Waals surface area contributed by atoms with Gasteiger partial charge in [-0.15, -0.1) is 0 Å². The van der Waals surface area contributed by atoms with Gasteiger partial charge in [0.25, 0.3) is 5.89 Å². The van der Waals surface area contributed by atoms with Crippen LogP contribution in [0.4, 0.5) is 0 Å². The van der Waals surface area contributed by atoms with Crippen LogP contribution in [0.5, 0.6) is 0 Å². The quantitative estimate of drug-likeness (QED) is 0.815. The third kappa shape index (κ3) is 2.22. The second-order valence-corrected chi connectivity index (χ2v) is 2.89. The first kappa shape index (κ1) is 9.45. The molecule has 15 heavy (non-hydrogen) atoms. The molecule has 78 valence electrons. The van der Waals surface area contributed by atoms with Crippen LogP contribution < -0.4 is 0 Å². The highest BCUT2D eigenvalue weighted by Crippen LogP contribution is 2.17. The average Bonchev–Trinajstić information content (AvgIpc) is 2.85. The number of hydrogen-bond donors (Lipinski definition) is 1. The summed E-state index contributed by atoms with van der Waals surface area (Å²) in [5.74, 6) is 0.215. The number of carbonyl (C=O) groups is 1. The van der Waals surface area contributed by atoms with E-state index in [-0.39, 0.29) is 18.7 Å². The van der Waals surface area contributed by atoms with Crippen molar-refractivity contribution < 1.29 is 18.8 Å².